The van der Waals surface area contributed by atoms with Crippen molar-refractivity contribution in [1.29, 1.82) is 0 Å². The molecule has 8 heteroatoms. The Morgan fingerprint density at radius 1 is 1.19 bits per heavy atom. The molecular weight excluding hydrogens is 332 g/mol. The second kappa shape index (κ2) is 9.38. The molecule has 8 nitrogen and oxygen atoms in total. The van der Waals surface area contributed by atoms with Gasteiger partial charge in [0.15, 0.2) is 0 Å². The summed E-state index contributed by atoms with van der Waals surface area (Å²) in [7, 11) is 1.61. The first-order chi connectivity index (χ1) is 12.5. The van der Waals surface area contributed by atoms with Crippen molar-refractivity contribution in [3.8, 4) is 0 Å². The fourth-order valence-electron chi connectivity index (χ4n) is 3.14. The molecule has 2 heterocycles. The number of urea groups is 1. The molecule has 3 amide bonds. The van der Waals surface area contributed by atoms with Gasteiger partial charge in [-0.1, -0.05) is 0 Å². The molecule has 1 unspecified atom stereocenters. The lowest BCUT2D eigenvalue weighted by Crippen LogP contribution is -2.53. The van der Waals surface area contributed by atoms with Crippen molar-refractivity contribution in [3.05, 3.63) is 23.5 Å². The van der Waals surface area contributed by atoms with Crippen molar-refractivity contribution in [1.82, 2.24) is 25.8 Å². The molecule has 0 spiro atoms. The zero-order valence-electron chi connectivity index (χ0n) is 16.1. The third-order valence-electron chi connectivity index (χ3n) is 4.69. The van der Waals surface area contributed by atoms with E-state index < -0.39 is 0 Å². The highest BCUT2D eigenvalue weighted by molar-refractivity contribution is 5.92. The first-order valence-electron chi connectivity index (χ1n) is 9.16. The smallest absolute Gasteiger partial charge is 0.314 e. The van der Waals surface area contributed by atoms with Gasteiger partial charge in [-0.25, -0.2) is 9.78 Å². The van der Waals surface area contributed by atoms with Gasteiger partial charge in [-0.15, -0.1) is 0 Å². The largest absolute Gasteiger partial charge is 0.368 e. The predicted molar refractivity (Wildman–Crippen MR) is 103 cm³/mol. The predicted octanol–water partition coefficient (Wildman–Crippen LogP) is 0.579. The van der Waals surface area contributed by atoms with Crippen LogP contribution in [0.15, 0.2) is 12.1 Å². The SMILES string of the molecule is CCNC(=O)NCC(C)N1CCN(c2ccc(C(=O)NC)nc2C)CC1. The van der Waals surface area contributed by atoms with Gasteiger partial charge in [0.25, 0.3) is 5.91 Å². The normalized spacial score (nSPS) is 16.1. The summed E-state index contributed by atoms with van der Waals surface area (Å²) in [4.78, 5) is 32.3. The number of pyridine rings is 1. The maximum absolute atomic E-state index is 11.7. The molecule has 0 saturated carbocycles. The highest BCUT2D eigenvalue weighted by Crippen LogP contribution is 2.21. The molecule has 0 aliphatic carbocycles. The van der Waals surface area contributed by atoms with Crippen LogP contribution in [0.5, 0.6) is 0 Å². The Balaban J connectivity index is 1.88. The molecule has 1 aromatic heterocycles. The maximum atomic E-state index is 11.7. The van der Waals surface area contributed by atoms with Crippen LogP contribution in [0.1, 0.15) is 30.0 Å². The average molecular weight is 362 g/mol. The van der Waals surface area contributed by atoms with Crippen LogP contribution in [0.25, 0.3) is 0 Å². The fraction of sp³-hybridized carbons (Fsp3) is 0.611. The molecule has 2 rings (SSSR count). The summed E-state index contributed by atoms with van der Waals surface area (Å²) >= 11 is 0. The van der Waals surface area contributed by atoms with Crippen LogP contribution >= 0.6 is 0 Å². The van der Waals surface area contributed by atoms with Crippen LogP contribution in [-0.2, 0) is 0 Å². The minimum atomic E-state index is -0.169. The van der Waals surface area contributed by atoms with E-state index in [1.165, 1.54) is 0 Å². The van der Waals surface area contributed by atoms with E-state index in [0.29, 0.717) is 18.8 Å². The van der Waals surface area contributed by atoms with Gasteiger partial charge >= 0.3 is 6.03 Å². The molecule has 0 bridgehead atoms. The number of aryl methyl sites for hydroxylation is 1. The standard InChI is InChI=1S/C18H30N6O2/c1-5-20-18(26)21-12-13(2)23-8-10-24(11-9-23)16-7-6-15(17(25)19-4)22-14(16)3/h6-7,13H,5,8-12H2,1-4H3,(H,19,25)(H2,20,21,26). The fourth-order valence-corrected chi connectivity index (χ4v) is 3.14. The minimum Gasteiger partial charge on any atom is -0.368 e. The van der Waals surface area contributed by atoms with E-state index in [0.717, 1.165) is 37.6 Å². The van der Waals surface area contributed by atoms with Gasteiger partial charge in [-0.05, 0) is 32.9 Å². The van der Waals surface area contributed by atoms with Crippen molar-refractivity contribution < 1.29 is 9.59 Å². The van der Waals surface area contributed by atoms with Crippen LogP contribution in [0.4, 0.5) is 10.5 Å². The van der Waals surface area contributed by atoms with Gasteiger partial charge in [0, 0.05) is 52.4 Å². The Kier molecular flexibility index (Phi) is 7.20. The molecule has 144 valence electrons. The highest BCUT2D eigenvalue weighted by Gasteiger charge is 2.23. The molecule has 3 N–H and O–H groups in total. The molecule has 1 aliphatic rings. The van der Waals surface area contributed by atoms with E-state index in [-0.39, 0.29) is 18.0 Å². The number of nitrogens with zero attached hydrogens (tertiary/aromatic N) is 3. The van der Waals surface area contributed by atoms with Crippen molar-refractivity contribution in [2.24, 2.45) is 0 Å². The lowest BCUT2D eigenvalue weighted by atomic mass is 10.2. The summed E-state index contributed by atoms with van der Waals surface area (Å²) in [6.45, 7) is 10.9. The van der Waals surface area contributed by atoms with Crippen molar-refractivity contribution in [2.45, 2.75) is 26.8 Å². The number of rotatable bonds is 6. The lowest BCUT2D eigenvalue weighted by Gasteiger charge is -2.39. The quantitative estimate of drug-likeness (QED) is 0.689. The van der Waals surface area contributed by atoms with E-state index >= 15 is 0 Å². The number of anilines is 1. The Labute approximate surface area is 155 Å². The number of hydrogen-bond donors (Lipinski definition) is 3. The van der Waals surface area contributed by atoms with Crippen LogP contribution in [0, 0.1) is 6.92 Å². The van der Waals surface area contributed by atoms with Crippen LogP contribution < -0.4 is 20.9 Å². The van der Waals surface area contributed by atoms with Gasteiger partial charge in [0.1, 0.15) is 5.69 Å². The molecule has 26 heavy (non-hydrogen) atoms. The molecule has 1 saturated heterocycles. The maximum Gasteiger partial charge on any atom is 0.314 e. The number of carbonyl (C=O) groups excluding carboxylic acids is 2. The molecular formula is C18H30N6O2. The van der Waals surface area contributed by atoms with Gasteiger partial charge in [-0.2, -0.15) is 0 Å². The van der Waals surface area contributed by atoms with Gasteiger partial charge in [0.05, 0.1) is 11.4 Å². The monoisotopic (exact) mass is 362 g/mol. The zero-order valence-corrected chi connectivity index (χ0v) is 16.1. The third kappa shape index (κ3) is 5.08. The van der Waals surface area contributed by atoms with E-state index in [1.54, 1.807) is 13.1 Å². The van der Waals surface area contributed by atoms with Crippen molar-refractivity contribution >= 4 is 17.6 Å². The molecule has 1 aromatic rings. The van der Waals surface area contributed by atoms with Crippen LogP contribution in [0.2, 0.25) is 0 Å². The Bertz CT molecular complexity index is 628. The number of amides is 3. The van der Waals surface area contributed by atoms with Crippen molar-refractivity contribution in [3.63, 3.8) is 0 Å². The van der Waals surface area contributed by atoms with Gasteiger partial charge in [-0.3, -0.25) is 9.69 Å². The number of aromatic nitrogens is 1. The topological polar surface area (TPSA) is 89.6 Å². The van der Waals surface area contributed by atoms with Crippen molar-refractivity contribution in [2.75, 3.05) is 51.2 Å². The van der Waals surface area contributed by atoms with Gasteiger partial charge in [0.2, 0.25) is 0 Å². The Morgan fingerprint density at radius 2 is 1.88 bits per heavy atom. The van der Waals surface area contributed by atoms with E-state index in [9.17, 15) is 9.59 Å². The molecule has 1 fully saturated rings. The minimum absolute atomic E-state index is 0.115. The molecule has 0 aromatic carbocycles. The summed E-state index contributed by atoms with van der Waals surface area (Å²) in [5.74, 6) is -0.169. The second-order valence-corrected chi connectivity index (χ2v) is 6.49. The number of carbonyl (C=O) groups is 2. The summed E-state index contributed by atoms with van der Waals surface area (Å²) < 4.78 is 0. The molecule has 1 atom stereocenters. The number of nitrogens with one attached hydrogen (secondary N) is 3. The first kappa shape index (κ1) is 20.0. The summed E-state index contributed by atoms with van der Waals surface area (Å²) in [5.41, 5.74) is 2.38. The van der Waals surface area contributed by atoms with E-state index in [1.807, 2.05) is 19.9 Å². The zero-order chi connectivity index (χ0) is 19.1. The summed E-state index contributed by atoms with van der Waals surface area (Å²) in [6, 6.07) is 3.92. The summed E-state index contributed by atoms with van der Waals surface area (Å²) in [6.07, 6.45) is 0. The molecule has 0 radical (unpaired) electrons. The third-order valence-corrected chi connectivity index (χ3v) is 4.69. The van der Waals surface area contributed by atoms with Crippen LogP contribution in [0.3, 0.4) is 0 Å². The summed E-state index contributed by atoms with van der Waals surface area (Å²) in [5, 5.41) is 8.24. The van der Waals surface area contributed by atoms with Crippen LogP contribution in [-0.4, -0.2) is 74.2 Å². The Hall–Kier alpha value is -2.35. The lowest BCUT2D eigenvalue weighted by molar-refractivity contribution is 0.0958. The number of hydrogen-bond acceptors (Lipinski definition) is 5. The van der Waals surface area contributed by atoms with Gasteiger partial charge < -0.3 is 20.9 Å². The Morgan fingerprint density at radius 3 is 2.46 bits per heavy atom. The number of piperazine rings is 1. The van der Waals surface area contributed by atoms with E-state index in [2.05, 4.69) is 37.7 Å². The average Bonchev–Trinajstić information content (AvgIpc) is 2.65. The first-order valence-corrected chi connectivity index (χ1v) is 9.16. The molecule has 1 aliphatic heterocycles. The van der Waals surface area contributed by atoms with E-state index in [4.69, 9.17) is 0 Å². The second-order valence-electron chi connectivity index (χ2n) is 6.49. The highest BCUT2D eigenvalue weighted by atomic mass is 16.2.